The minimum absolute atomic E-state index is 0.179. The van der Waals surface area contributed by atoms with Crippen LogP contribution >= 0.6 is 0 Å². The molecule has 1 heterocycles. The number of benzene rings is 2. The first-order chi connectivity index (χ1) is 9.84. The number of hydrogen-bond acceptors (Lipinski definition) is 4. The normalized spacial score (nSPS) is 11.9. The van der Waals surface area contributed by atoms with E-state index in [9.17, 15) is 12.8 Å². The van der Waals surface area contributed by atoms with E-state index in [2.05, 4.69) is 9.97 Å². The second-order valence-electron chi connectivity index (χ2n) is 4.78. The van der Waals surface area contributed by atoms with Crippen LogP contribution in [0.5, 0.6) is 0 Å². The molecule has 0 aliphatic heterocycles. The van der Waals surface area contributed by atoms with Gasteiger partial charge < -0.3 is 10.7 Å². The summed E-state index contributed by atoms with van der Waals surface area (Å²) >= 11 is 0. The maximum atomic E-state index is 13.8. The number of nitrogen functional groups attached to an aromatic ring is 1. The molecule has 2 aromatic carbocycles. The molecule has 3 N–H and O–H groups in total. The summed E-state index contributed by atoms with van der Waals surface area (Å²) in [4.78, 5) is 7.36. The first-order valence-corrected chi connectivity index (χ1v) is 7.99. The minimum atomic E-state index is -3.31. The molecule has 0 fully saturated rings. The molecule has 5 nitrogen and oxygen atoms in total. The summed E-state index contributed by atoms with van der Waals surface area (Å²) in [6.07, 6.45) is 1.13. The first kappa shape index (κ1) is 13.6. The van der Waals surface area contributed by atoms with Crippen molar-refractivity contribution in [1.29, 1.82) is 0 Å². The number of anilines is 1. The maximum absolute atomic E-state index is 13.8. The van der Waals surface area contributed by atoms with Crippen LogP contribution < -0.4 is 5.73 Å². The van der Waals surface area contributed by atoms with Crippen LogP contribution in [0.3, 0.4) is 0 Å². The van der Waals surface area contributed by atoms with Crippen molar-refractivity contribution in [2.24, 2.45) is 0 Å². The highest BCUT2D eigenvalue weighted by atomic mass is 32.2. The molecule has 0 spiro atoms. The monoisotopic (exact) mass is 305 g/mol. The first-order valence-electron chi connectivity index (χ1n) is 6.10. The number of H-pyrrole nitrogens is 1. The zero-order chi connectivity index (χ0) is 15.2. The number of aromatic amines is 1. The Hall–Kier alpha value is -2.41. The molecule has 7 heteroatoms. The molecule has 3 rings (SSSR count). The number of nitrogens with two attached hydrogens (primary N) is 1. The predicted octanol–water partition coefficient (Wildman–Crippen LogP) is 2.35. The van der Waals surface area contributed by atoms with Crippen LogP contribution in [0, 0.1) is 5.82 Å². The number of nitrogens with one attached hydrogen (secondary N) is 1. The highest BCUT2D eigenvalue weighted by molar-refractivity contribution is 7.90. The minimum Gasteiger partial charge on any atom is -0.399 e. The van der Waals surface area contributed by atoms with Crippen molar-refractivity contribution in [3.8, 4) is 11.4 Å². The number of aromatic nitrogens is 2. The molecule has 21 heavy (non-hydrogen) atoms. The Bertz CT molecular complexity index is 948. The number of imidazole rings is 1. The van der Waals surface area contributed by atoms with Gasteiger partial charge in [0.05, 0.1) is 21.5 Å². The van der Waals surface area contributed by atoms with Crippen LogP contribution in [0.25, 0.3) is 22.4 Å². The molecule has 1 aromatic heterocycles. The van der Waals surface area contributed by atoms with E-state index in [0.717, 1.165) is 6.26 Å². The van der Waals surface area contributed by atoms with Crippen molar-refractivity contribution in [2.75, 3.05) is 12.0 Å². The quantitative estimate of drug-likeness (QED) is 0.711. The summed E-state index contributed by atoms with van der Waals surface area (Å²) in [5.41, 5.74) is 7.39. The molecule has 0 amide bonds. The number of nitrogens with zero attached hydrogens (tertiary/aromatic N) is 1. The van der Waals surface area contributed by atoms with Gasteiger partial charge in [0.1, 0.15) is 11.6 Å². The Balaban J connectivity index is 2.20. The van der Waals surface area contributed by atoms with Gasteiger partial charge in [-0.05, 0) is 36.4 Å². The van der Waals surface area contributed by atoms with Crippen molar-refractivity contribution < 1.29 is 12.8 Å². The second kappa shape index (κ2) is 4.56. The van der Waals surface area contributed by atoms with Gasteiger partial charge >= 0.3 is 0 Å². The van der Waals surface area contributed by atoms with Gasteiger partial charge in [0.2, 0.25) is 0 Å². The molecule has 0 saturated heterocycles. The molecule has 0 atom stereocenters. The van der Waals surface area contributed by atoms with Crippen LogP contribution in [0.1, 0.15) is 0 Å². The molecule has 108 valence electrons. The summed E-state index contributed by atoms with van der Waals surface area (Å²) < 4.78 is 36.9. The zero-order valence-corrected chi connectivity index (χ0v) is 11.9. The van der Waals surface area contributed by atoms with Crippen LogP contribution in [0.2, 0.25) is 0 Å². The largest absolute Gasteiger partial charge is 0.399 e. The van der Waals surface area contributed by atoms with E-state index >= 15 is 0 Å². The average Bonchev–Trinajstić information content (AvgIpc) is 2.83. The molecular formula is C14H12FN3O2S. The zero-order valence-electron chi connectivity index (χ0n) is 11.1. The Kier molecular flexibility index (Phi) is 2.94. The lowest BCUT2D eigenvalue weighted by Crippen LogP contribution is -1.96. The predicted molar refractivity (Wildman–Crippen MR) is 79.0 cm³/mol. The summed E-state index contributed by atoms with van der Waals surface area (Å²) in [6.45, 7) is 0. The van der Waals surface area contributed by atoms with E-state index in [1.807, 2.05) is 0 Å². The van der Waals surface area contributed by atoms with Crippen molar-refractivity contribution in [3.63, 3.8) is 0 Å². The van der Waals surface area contributed by atoms with Crippen LogP contribution in [-0.2, 0) is 9.84 Å². The molecular weight excluding hydrogens is 293 g/mol. The lowest BCUT2D eigenvalue weighted by atomic mass is 10.2. The molecule has 0 aliphatic carbocycles. The summed E-state index contributed by atoms with van der Waals surface area (Å²) in [7, 11) is -3.31. The number of halogens is 1. The smallest absolute Gasteiger partial charge is 0.175 e. The van der Waals surface area contributed by atoms with Gasteiger partial charge in [0.25, 0.3) is 0 Å². The van der Waals surface area contributed by atoms with Gasteiger partial charge in [-0.15, -0.1) is 0 Å². The number of sulfone groups is 1. The Labute approximate surface area is 120 Å². The van der Waals surface area contributed by atoms with Crippen LogP contribution in [-0.4, -0.2) is 24.6 Å². The third kappa shape index (κ3) is 2.47. The Morgan fingerprint density at radius 3 is 2.67 bits per heavy atom. The van der Waals surface area contributed by atoms with Gasteiger partial charge in [-0.25, -0.2) is 17.8 Å². The SMILES string of the molecule is CS(=O)(=O)c1ccc2nc(-c3cc(N)ccc3F)[nH]c2c1. The summed E-state index contributed by atoms with van der Waals surface area (Å²) in [6, 6.07) is 8.73. The average molecular weight is 305 g/mol. The summed E-state index contributed by atoms with van der Waals surface area (Å²) in [5.74, 6) is -0.146. The van der Waals surface area contributed by atoms with Crippen molar-refractivity contribution >= 4 is 26.6 Å². The van der Waals surface area contributed by atoms with E-state index in [-0.39, 0.29) is 10.5 Å². The molecule has 0 aliphatic rings. The van der Waals surface area contributed by atoms with E-state index in [0.29, 0.717) is 22.5 Å². The topological polar surface area (TPSA) is 88.8 Å². The standard InChI is InChI=1S/C14H12FN3O2S/c1-21(19,20)9-3-5-12-13(7-9)18-14(17-12)10-6-8(16)2-4-11(10)15/h2-7H,16H2,1H3,(H,17,18). The van der Waals surface area contributed by atoms with Crippen LogP contribution in [0.15, 0.2) is 41.3 Å². The van der Waals surface area contributed by atoms with Crippen molar-refractivity contribution in [2.45, 2.75) is 4.90 Å². The Morgan fingerprint density at radius 1 is 1.19 bits per heavy atom. The van der Waals surface area contributed by atoms with Gasteiger partial charge in [-0.2, -0.15) is 0 Å². The van der Waals surface area contributed by atoms with E-state index < -0.39 is 15.7 Å². The maximum Gasteiger partial charge on any atom is 0.175 e. The second-order valence-corrected chi connectivity index (χ2v) is 6.79. The van der Waals surface area contributed by atoms with E-state index in [4.69, 9.17) is 5.73 Å². The number of fused-ring (bicyclic) bond motifs is 1. The highest BCUT2D eigenvalue weighted by Crippen LogP contribution is 2.26. The molecule has 3 aromatic rings. The van der Waals surface area contributed by atoms with Crippen molar-refractivity contribution in [3.05, 3.63) is 42.2 Å². The Morgan fingerprint density at radius 2 is 1.95 bits per heavy atom. The third-order valence-corrected chi connectivity index (χ3v) is 4.24. The molecule has 0 radical (unpaired) electrons. The van der Waals surface area contributed by atoms with Gasteiger partial charge in [0.15, 0.2) is 9.84 Å². The summed E-state index contributed by atoms with van der Waals surface area (Å²) in [5, 5.41) is 0. The van der Waals surface area contributed by atoms with Crippen LogP contribution in [0.4, 0.5) is 10.1 Å². The number of hydrogen-bond donors (Lipinski definition) is 2. The highest BCUT2D eigenvalue weighted by Gasteiger charge is 2.13. The van der Waals surface area contributed by atoms with Gasteiger partial charge in [-0.3, -0.25) is 0 Å². The lowest BCUT2D eigenvalue weighted by Gasteiger charge is -2.00. The molecule has 0 unspecified atom stereocenters. The molecule has 0 bridgehead atoms. The third-order valence-electron chi connectivity index (χ3n) is 3.13. The van der Waals surface area contributed by atoms with E-state index in [1.54, 1.807) is 6.07 Å². The van der Waals surface area contributed by atoms with Crippen molar-refractivity contribution in [1.82, 2.24) is 9.97 Å². The fourth-order valence-corrected chi connectivity index (χ4v) is 2.72. The number of rotatable bonds is 2. The fourth-order valence-electron chi connectivity index (χ4n) is 2.07. The fraction of sp³-hybridized carbons (Fsp3) is 0.0714. The van der Waals surface area contributed by atoms with Gasteiger partial charge in [0, 0.05) is 11.9 Å². The van der Waals surface area contributed by atoms with Gasteiger partial charge in [-0.1, -0.05) is 0 Å². The van der Waals surface area contributed by atoms with E-state index in [1.165, 1.54) is 30.3 Å². The lowest BCUT2D eigenvalue weighted by molar-refractivity contribution is 0.602. The molecule has 0 saturated carbocycles.